The highest BCUT2D eigenvalue weighted by Gasteiger charge is 2.36. The molecule has 0 saturated carbocycles. The van der Waals surface area contributed by atoms with Crippen LogP contribution in [0.4, 0.5) is 4.39 Å². The van der Waals surface area contributed by atoms with Gasteiger partial charge >= 0.3 is 0 Å². The second-order valence-corrected chi connectivity index (χ2v) is 7.45. The molecule has 1 heterocycles. The molecule has 116 valence electrons. The molecule has 0 aromatic heterocycles. The lowest BCUT2D eigenvalue weighted by atomic mass is 10.1. The molecule has 0 bridgehead atoms. The molecule has 2 aromatic carbocycles. The first-order valence-corrected chi connectivity index (χ1v) is 8.77. The second-order valence-electron chi connectivity index (χ2n) is 5.59. The average Bonchev–Trinajstić information content (AvgIpc) is 2.98. The summed E-state index contributed by atoms with van der Waals surface area (Å²) in [6.45, 7) is 2.30. The third kappa shape index (κ3) is 2.66. The van der Waals surface area contributed by atoms with Gasteiger partial charge in [-0.05, 0) is 49.1 Å². The van der Waals surface area contributed by atoms with Gasteiger partial charge in [-0.1, -0.05) is 30.3 Å². The summed E-state index contributed by atoms with van der Waals surface area (Å²) < 4.78 is 40.6. The van der Waals surface area contributed by atoms with Crippen molar-refractivity contribution in [3.8, 4) is 0 Å². The highest BCUT2D eigenvalue weighted by molar-refractivity contribution is 7.89. The van der Waals surface area contributed by atoms with Crippen molar-refractivity contribution in [2.24, 2.45) is 0 Å². The number of aryl methyl sites for hydroxylation is 1. The summed E-state index contributed by atoms with van der Waals surface area (Å²) in [5, 5.41) is 0. The Bertz CT molecular complexity index is 772. The largest absolute Gasteiger partial charge is 0.243 e. The lowest BCUT2D eigenvalue weighted by Gasteiger charge is -2.25. The minimum absolute atomic E-state index is 0.217. The first-order valence-electron chi connectivity index (χ1n) is 7.33. The molecular weight excluding hydrogens is 301 g/mol. The van der Waals surface area contributed by atoms with Crippen molar-refractivity contribution in [1.29, 1.82) is 0 Å². The third-order valence-corrected chi connectivity index (χ3v) is 6.21. The van der Waals surface area contributed by atoms with Gasteiger partial charge in [0.25, 0.3) is 0 Å². The van der Waals surface area contributed by atoms with Gasteiger partial charge in [0.15, 0.2) is 0 Å². The predicted octanol–water partition coefficient (Wildman–Crippen LogP) is 3.66. The van der Waals surface area contributed by atoms with Crippen molar-refractivity contribution in [2.45, 2.75) is 30.7 Å². The zero-order chi connectivity index (χ0) is 15.7. The van der Waals surface area contributed by atoms with E-state index in [1.54, 1.807) is 41.6 Å². The molecule has 1 fully saturated rings. The minimum Gasteiger partial charge on any atom is -0.207 e. The van der Waals surface area contributed by atoms with Crippen LogP contribution in [0, 0.1) is 12.7 Å². The summed E-state index contributed by atoms with van der Waals surface area (Å²) in [4.78, 5) is 0.351. The fourth-order valence-corrected chi connectivity index (χ4v) is 4.93. The van der Waals surface area contributed by atoms with Crippen LogP contribution < -0.4 is 0 Å². The van der Waals surface area contributed by atoms with Crippen molar-refractivity contribution in [3.05, 3.63) is 65.5 Å². The van der Waals surface area contributed by atoms with Gasteiger partial charge in [0, 0.05) is 6.54 Å². The molecule has 0 aliphatic carbocycles. The van der Waals surface area contributed by atoms with E-state index in [1.807, 2.05) is 6.07 Å². The van der Waals surface area contributed by atoms with E-state index >= 15 is 0 Å². The molecule has 3 rings (SSSR count). The molecule has 2 aromatic rings. The van der Waals surface area contributed by atoms with Gasteiger partial charge in [0.2, 0.25) is 10.0 Å². The molecule has 0 amide bonds. The molecule has 1 atom stereocenters. The maximum atomic E-state index is 13.1. The summed E-state index contributed by atoms with van der Waals surface area (Å²) in [7, 11) is -3.54. The Balaban J connectivity index is 1.99. The number of hydrogen-bond donors (Lipinski definition) is 0. The SMILES string of the molecule is Cc1ccccc1S(=O)(=O)N1CCCC1c1ccc(F)cc1. The van der Waals surface area contributed by atoms with E-state index in [0.29, 0.717) is 11.4 Å². The van der Waals surface area contributed by atoms with Gasteiger partial charge in [-0.25, -0.2) is 12.8 Å². The van der Waals surface area contributed by atoms with Gasteiger partial charge in [0.05, 0.1) is 10.9 Å². The maximum Gasteiger partial charge on any atom is 0.243 e. The van der Waals surface area contributed by atoms with Gasteiger partial charge in [0.1, 0.15) is 5.82 Å². The van der Waals surface area contributed by atoms with Crippen LogP contribution in [0.1, 0.15) is 30.0 Å². The molecular formula is C17H18FNO2S. The summed E-state index contributed by atoms with van der Waals surface area (Å²) in [6, 6.07) is 12.9. The fourth-order valence-electron chi connectivity index (χ4n) is 3.02. The Labute approximate surface area is 130 Å². The van der Waals surface area contributed by atoms with Gasteiger partial charge in [-0.2, -0.15) is 4.31 Å². The number of benzene rings is 2. The second kappa shape index (κ2) is 5.82. The summed E-state index contributed by atoms with van der Waals surface area (Å²) in [5.74, 6) is -0.310. The molecule has 0 radical (unpaired) electrons. The van der Waals surface area contributed by atoms with E-state index in [4.69, 9.17) is 0 Å². The van der Waals surface area contributed by atoms with Crippen LogP contribution in [0.3, 0.4) is 0 Å². The van der Waals surface area contributed by atoms with E-state index in [1.165, 1.54) is 12.1 Å². The number of hydrogen-bond acceptors (Lipinski definition) is 2. The Morgan fingerprint density at radius 1 is 1.09 bits per heavy atom. The highest BCUT2D eigenvalue weighted by atomic mass is 32.2. The Morgan fingerprint density at radius 2 is 1.77 bits per heavy atom. The van der Waals surface area contributed by atoms with Crippen LogP contribution in [0.25, 0.3) is 0 Å². The molecule has 0 N–H and O–H groups in total. The van der Waals surface area contributed by atoms with Crippen LogP contribution in [0.5, 0.6) is 0 Å². The monoisotopic (exact) mass is 319 g/mol. The predicted molar refractivity (Wildman–Crippen MR) is 83.4 cm³/mol. The molecule has 1 unspecified atom stereocenters. The number of sulfonamides is 1. The van der Waals surface area contributed by atoms with Crippen LogP contribution >= 0.6 is 0 Å². The van der Waals surface area contributed by atoms with Crippen LogP contribution in [0.2, 0.25) is 0 Å². The Morgan fingerprint density at radius 3 is 2.45 bits per heavy atom. The van der Waals surface area contributed by atoms with Gasteiger partial charge in [-0.15, -0.1) is 0 Å². The first kappa shape index (κ1) is 15.2. The van der Waals surface area contributed by atoms with E-state index in [9.17, 15) is 12.8 Å². The van der Waals surface area contributed by atoms with E-state index in [0.717, 1.165) is 24.0 Å². The quantitative estimate of drug-likeness (QED) is 0.866. The van der Waals surface area contributed by atoms with Crippen molar-refractivity contribution >= 4 is 10.0 Å². The smallest absolute Gasteiger partial charge is 0.207 e. The zero-order valence-electron chi connectivity index (χ0n) is 12.4. The van der Waals surface area contributed by atoms with Crippen LogP contribution in [-0.2, 0) is 10.0 Å². The summed E-state index contributed by atoms with van der Waals surface area (Å²) >= 11 is 0. The Hall–Kier alpha value is -1.72. The van der Waals surface area contributed by atoms with Gasteiger partial charge < -0.3 is 0 Å². The normalized spacial score (nSPS) is 19.5. The average molecular weight is 319 g/mol. The number of rotatable bonds is 3. The van der Waals surface area contributed by atoms with E-state index < -0.39 is 10.0 Å². The minimum atomic E-state index is -3.54. The van der Waals surface area contributed by atoms with E-state index in [2.05, 4.69) is 0 Å². The summed E-state index contributed by atoms with van der Waals surface area (Å²) in [5.41, 5.74) is 1.59. The van der Waals surface area contributed by atoms with E-state index in [-0.39, 0.29) is 11.9 Å². The van der Waals surface area contributed by atoms with Crippen molar-refractivity contribution in [1.82, 2.24) is 4.31 Å². The number of halogens is 1. The van der Waals surface area contributed by atoms with Crippen LogP contribution in [-0.4, -0.2) is 19.3 Å². The standard InChI is InChI=1S/C17H18FNO2S/c1-13-5-2-3-7-17(13)22(20,21)19-12-4-6-16(19)14-8-10-15(18)11-9-14/h2-3,5,7-11,16H,4,6,12H2,1H3. The molecule has 1 saturated heterocycles. The molecule has 5 heteroatoms. The van der Waals surface area contributed by atoms with Crippen LogP contribution in [0.15, 0.2) is 53.4 Å². The number of nitrogens with zero attached hydrogens (tertiary/aromatic N) is 1. The lowest BCUT2D eigenvalue weighted by Crippen LogP contribution is -2.31. The van der Waals surface area contributed by atoms with Crippen molar-refractivity contribution in [3.63, 3.8) is 0 Å². The molecule has 1 aliphatic heterocycles. The molecule has 3 nitrogen and oxygen atoms in total. The van der Waals surface area contributed by atoms with Crippen molar-refractivity contribution in [2.75, 3.05) is 6.54 Å². The maximum absolute atomic E-state index is 13.1. The lowest BCUT2D eigenvalue weighted by molar-refractivity contribution is 0.396. The Kier molecular flexibility index (Phi) is 4.02. The summed E-state index contributed by atoms with van der Waals surface area (Å²) in [6.07, 6.45) is 1.57. The molecule has 22 heavy (non-hydrogen) atoms. The fraction of sp³-hybridized carbons (Fsp3) is 0.294. The van der Waals surface area contributed by atoms with Crippen molar-refractivity contribution < 1.29 is 12.8 Å². The highest BCUT2D eigenvalue weighted by Crippen LogP contribution is 2.37. The third-order valence-electron chi connectivity index (χ3n) is 4.14. The topological polar surface area (TPSA) is 37.4 Å². The molecule has 1 aliphatic rings. The zero-order valence-corrected chi connectivity index (χ0v) is 13.2. The first-order chi connectivity index (χ1) is 10.5. The molecule has 0 spiro atoms. The van der Waals surface area contributed by atoms with Gasteiger partial charge in [-0.3, -0.25) is 0 Å².